The fourth-order valence-electron chi connectivity index (χ4n) is 3.89. The van der Waals surface area contributed by atoms with Gasteiger partial charge in [0.25, 0.3) is 0 Å². The van der Waals surface area contributed by atoms with Crippen LogP contribution in [0.4, 0.5) is 5.69 Å². The van der Waals surface area contributed by atoms with E-state index in [0.29, 0.717) is 6.04 Å². The number of benzene rings is 1. The number of anilines is 1. The van der Waals surface area contributed by atoms with Crippen molar-refractivity contribution in [2.24, 2.45) is 0 Å². The van der Waals surface area contributed by atoms with E-state index in [1.54, 1.807) is 0 Å². The lowest BCUT2D eigenvalue weighted by molar-refractivity contribution is -0.127. The summed E-state index contributed by atoms with van der Waals surface area (Å²) >= 11 is 0. The van der Waals surface area contributed by atoms with Crippen molar-refractivity contribution in [1.82, 2.24) is 10.6 Å². The van der Waals surface area contributed by atoms with Crippen LogP contribution in [0, 0.1) is 0 Å². The van der Waals surface area contributed by atoms with Crippen molar-refractivity contribution in [3.8, 4) is 0 Å². The van der Waals surface area contributed by atoms with Gasteiger partial charge in [0.1, 0.15) is 0 Å². The molecule has 1 saturated carbocycles. The highest BCUT2D eigenvalue weighted by Crippen LogP contribution is 2.39. The first-order valence-corrected chi connectivity index (χ1v) is 9.16. The monoisotopic (exact) mass is 327 g/mol. The molecule has 24 heavy (non-hydrogen) atoms. The number of nitrogens with one attached hydrogen (secondary N) is 2. The van der Waals surface area contributed by atoms with Gasteiger partial charge in [-0.05, 0) is 43.2 Å². The minimum atomic E-state index is -0.0205. The molecule has 2 amide bonds. The smallest absolute Gasteiger partial charge is 0.220 e. The molecule has 0 radical (unpaired) electrons. The van der Waals surface area contributed by atoms with Gasteiger partial charge in [0, 0.05) is 37.7 Å². The van der Waals surface area contributed by atoms with E-state index in [0.717, 1.165) is 38.8 Å². The Kier molecular flexibility index (Phi) is 4.17. The van der Waals surface area contributed by atoms with Gasteiger partial charge in [-0.25, -0.2) is 0 Å². The van der Waals surface area contributed by atoms with E-state index in [9.17, 15) is 9.59 Å². The number of carbonyl (C=O) groups excluding carboxylic acids is 2. The van der Waals surface area contributed by atoms with Crippen molar-refractivity contribution >= 4 is 17.5 Å². The highest BCUT2D eigenvalue weighted by Gasteiger charge is 2.30. The maximum absolute atomic E-state index is 12.3. The van der Waals surface area contributed by atoms with Gasteiger partial charge < -0.3 is 15.5 Å². The van der Waals surface area contributed by atoms with Crippen LogP contribution < -0.4 is 15.5 Å². The van der Waals surface area contributed by atoms with Crippen LogP contribution in [0.3, 0.4) is 0 Å². The van der Waals surface area contributed by atoms with Gasteiger partial charge in [-0.15, -0.1) is 0 Å². The fourth-order valence-corrected chi connectivity index (χ4v) is 3.89. The van der Waals surface area contributed by atoms with Crippen molar-refractivity contribution in [2.75, 3.05) is 18.0 Å². The zero-order chi connectivity index (χ0) is 16.5. The third kappa shape index (κ3) is 3.25. The van der Waals surface area contributed by atoms with Crippen LogP contribution in [0.15, 0.2) is 18.2 Å². The molecular weight excluding hydrogens is 302 g/mol. The Hall–Kier alpha value is -2.04. The predicted octanol–water partition coefficient (Wildman–Crippen LogP) is 2.06. The average Bonchev–Trinajstić information content (AvgIpc) is 3.40. The molecule has 128 valence electrons. The molecule has 1 aromatic rings. The molecule has 2 heterocycles. The molecule has 0 unspecified atom stereocenters. The van der Waals surface area contributed by atoms with Gasteiger partial charge in [0.15, 0.2) is 0 Å². The average molecular weight is 327 g/mol. The summed E-state index contributed by atoms with van der Waals surface area (Å²) in [7, 11) is 0. The molecule has 5 nitrogen and oxygen atoms in total. The normalized spacial score (nSPS) is 21.8. The SMILES string of the molecule is O=C(CCC(=O)N[C@H]1CCN2CCCc3cccc1c32)NC1CC1. The van der Waals surface area contributed by atoms with E-state index in [2.05, 4.69) is 33.7 Å². The molecule has 0 bridgehead atoms. The summed E-state index contributed by atoms with van der Waals surface area (Å²) in [6.45, 7) is 2.11. The van der Waals surface area contributed by atoms with Gasteiger partial charge in [0.05, 0.1) is 6.04 Å². The Morgan fingerprint density at radius 3 is 2.62 bits per heavy atom. The number of aryl methyl sites for hydroxylation is 1. The second-order valence-corrected chi connectivity index (χ2v) is 7.20. The number of para-hydroxylation sites is 1. The van der Waals surface area contributed by atoms with Gasteiger partial charge in [-0.2, -0.15) is 0 Å². The second-order valence-electron chi connectivity index (χ2n) is 7.20. The molecular formula is C19H25N3O2. The summed E-state index contributed by atoms with van der Waals surface area (Å²) in [4.78, 5) is 26.5. The van der Waals surface area contributed by atoms with Crippen LogP contribution in [0.1, 0.15) is 55.7 Å². The maximum atomic E-state index is 12.3. The zero-order valence-electron chi connectivity index (χ0n) is 14.0. The summed E-state index contributed by atoms with van der Waals surface area (Å²) in [6.07, 6.45) is 5.99. The lowest BCUT2D eigenvalue weighted by Gasteiger charge is -2.40. The van der Waals surface area contributed by atoms with Gasteiger partial charge in [-0.3, -0.25) is 9.59 Å². The lowest BCUT2D eigenvalue weighted by atomic mass is 9.89. The number of hydrogen-bond donors (Lipinski definition) is 2. The summed E-state index contributed by atoms with van der Waals surface area (Å²) < 4.78 is 0. The molecule has 0 saturated heterocycles. The minimum absolute atomic E-state index is 0.000408. The first-order chi connectivity index (χ1) is 11.7. The van der Waals surface area contributed by atoms with Crippen molar-refractivity contribution in [1.29, 1.82) is 0 Å². The number of hydrogen-bond acceptors (Lipinski definition) is 3. The molecule has 3 aliphatic rings. The predicted molar refractivity (Wildman–Crippen MR) is 92.9 cm³/mol. The Balaban J connectivity index is 1.38. The van der Waals surface area contributed by atoms with Crippen LogP contribution in [0.5, 0.6) is 0 Å². The van der Waals surface area contributed by atoms with Crippen molar-refractivity contribution in [2.45, 2.75) is 57.0 Å². The van der Waals surface area contributed by atoms with Crippen molar-refractivity contribution < 1.29 is 9.59 Å². The molecule has 1 fully saturated rings. The number of rotatable bonds is 5. The first kappa shape index (κ1) is 15.5. The van der Waals surface area contributed by atoms with Crippen LogP contribution in [0.2, 0.25) is 0 Å². The molecule has 4 rings (SSSR count). The van der Waals surface area contributed by atoms with E-state index in [1.165, 1.54) is 23.2 Å². The van der Waals surface area contributed by atoms with Gasteiger partial charge in [0.2, 0.25) is 11.8 Å². The Morgan fingerprint density at radius 2 is 1.83 bits per heavy atom. The fraction of sp³-hybridized carbons (Fsp3) is 0.579. The molecule has 1 aromatic carbocycles. The largest absolute Gasteiger partial charge is 0.371 e. The molecule has 0 aromatic heterocycles. The van der Waals surface area contributed by atoms with E-state index in [-0.39, 0.29) is 30.7 Å². The number of amides is 2. The van der Waals surface area contributed by atoms with E-state index < -0.39 is 0 Å². The molecule has 0 spiro atoms. The standard InChI is InChI=1S/C19H25N3O2/c23-17(20-14-6-7-14)8-9-18(24)21-16-10-12-22-11-2-4-13-3-1-5-15(16)19(13)22/h1,3,5,14,16H,2,4,6-12H2,(H,20,23)(H,21,24)/t16-/m0/s1. The Bertz CT molecular complexity index is 654. The highest BCUT2D eigenvalue weighted by molar-refractivity contribution is 5.84. The summed E-state index contributed by atoms with van der Waals surface area (Å²) in [5.74, 6) is -0.0210. The topological polar surface area (TPSA) is 61.4 Å². The van der Waals surface area contributed by atoms with Gasteiger partial charge in [-0.1, -0.05) is 18.2 Å². The van der Waals surface area contributed by atoms with E-state index >= 15 is 0 Å². The van der Waals surface area contributed by atoms with Crippen LogP contribution in [-0.2, 0) is 16.0 Å². The summed E-state index contributed by atoms with van der Waals surface area (Å²) in [5.41, 5.74) is 3.99. The third-order valence-electron chi connectivity index (χ3n) is 5.26. The number of carbonyl (C=O) groups is 2. The molecule has 1 aliphatic carbocycles. The lowest BCUT2D eigenvalue weighted by Crippen LogP contribution is -2.40. The quantitative estimate of drug-likeness (QED) is 0.870. The maximum Gasteiger partial charge on any atom is 0.220 e. The summed E-state index contributed by atoms with van der Waals surface area (Å²) in [6, 6.07) is 6.89. The van der Waals surface area contributed by atoms with Crippen LogP contribution in [0.25, 0.3) is 0 Å². The second kappa shape index (κ2) is 6.46. The Morgan fingerprint density at radius 1 is 1.04 bits per heavy atom. The molecule has 2 aliphatic heterocycles. The third-order valence-corrected chi connectivity index (χ3v) is 5.26. The highest BCUT2D eigenvalue weighted by atomic mass is 16.2. The molecule has 5 heteroatoms. The van der Waals surface area contributed by atoms with Crippen molar-refractivity contribution in [3.05, 3.63) is 29.3 Å². The van der Waals surface area contributed by atoms with E-state index in [4.69, 9.17) is 0 Å². The van der Waals surface area contributed by atoms with Crippen molar-refractivity contribution in [3.63, 3.8) is 0 Å². The number of nitrogens with zero attached hydrogens (tertiary/aromatic N) is 1. The van der Waals surface area contributed by atoms with Crippen LogP contribution >= 0.6 is 0 Å². The zero-order valence-corrected chi connectivity index (χ0v) is 14.0. The minimum Gasteiger partial charge on any atom is -0.371 e. The molecule has 2 N–H and O–H groups in total. The van der Waals surface area contributed by atoms with Gasteiger partial charge >= 0.3 is 0 Å². The summed E-state index contributed by atoms with van der Waals surface area (Å²) in [5, 5.41) is 6.08. The Labute approximate surface area is 142 Å². The molecule has 1 atom stereocenters. The van der Waals surface area contributed by atoms with Crippen LogP contribution in [-0.4, -0.2) is 30.9 Å². The first-order valence-electron chi connectivity index (χ1n) is 9.16. The van der Waals surface area contributed by atoms with E-state index in [1.807, 2.05) is 0 Å².